The predicted molar refractivity (Wildman–Crippen MR) is 110 cm³/mol. The van der Waals surface area contributed by atoms with Crippen LogP contribution < -0.4 is 10.1 Å². The van der Waals surface area contributed by atoms with Crippen molar-refractivity contribution in [2.24, 2.45) is 11.8 Å². The molecule has 2 aliphatic rings. The zero-order chi connectivity index (χ0) is 20.1. The molecule has 0 radical (unpaired) electrons. The molecule has 1 heterocycles. The Morgan fingerprint density at radius 2 is 1.79 bits per heavy atom. The van der Waals surface area contributed by atoms with Gasteiger partial charge in [-0.15, -0.1) is 0 Å². The van der Waals surface area contributed by atoms with Crippen molar-refractivity contribution in [1.82, 2.24) is 9.80 Å². The Balaban J connectivity index is 1.69. The highest BCUT2D eigenvalue weighted by Crippen LogP contribution is 2.32. The zero-order valence-electron chi connectivity index (χ0n) is 17.3. The van der Waals surface area contributed by atoms with Crippen molar-refractivity contribution in [3.05, 3.63) is 24.3 Å². The minimum atomic E-state index is -0.134. The number of anilines is 1. The van der Waals surface area contributed by atoms with E-state index in [2.05, 4.69) is 10.2 Å². The molecule has 1 saturated heterocycles. The van der Waals surface area contributed by atoms with Gasteiger partial charge in [0.15, 0.2) is 0 Å². The molecule has 2 fully saturated rings. The number of benzene rings is 1. The van der Waals surface area contributed by atoms with E-state index in [4.69, 9.17) is 4.74 Å². The fourth-order valence-electron chi connectivity index (χ4n) is 4.45. The Labute approximate surface area is 168 Å². The third-order valence-electron chi connectivity index (χ3n) is 5.97. The van der Waals surface area contributed by atoms with Gasteiger partial charge in [0, 0.05) is 43.9 Å². The van der Waals surface area contributed by atoms with Crippen LogP contribution in [0.1, 0.15) is 39.5 Å². The van der Waals surface area contributed by atoms with Crippen LogP contribution in [0.25, 0.3) is 0 Å². The van der Waals surface area contributed by atoms with Crippen LogP contribution in [0, 0.1) is 11.8 Å². The lowest BCUT2D eigenvalue weighted by Gasteiger charge is -2.41. The molecule has 3 rings (SSSR count). The second-order valence-corrected chi connectivity index (χ2v) is 8.23. The number of nitrogens with one attached hydrogen (secondary N) is 1. The first kappa shape index (κ1) is 20.6. The van der Waals surface area contributed by atoms with Gasteiger partial charge in [0.05, 0.1) is 13.2 Å². The topological polar surface area (TPSA) is 61.9 Å². The molecule has 1 saturated carbocycles. The van der Waals surface area contributed by atoms with Crippen molar-refractivity contribution >= 4 is 17.5 Å². The van der Waals surface area contributed by atoms with Gasteiger partial charge in [-0.25, -0.2) is 0 Å². The van der Waals surface area contributed by atoms with E-state index in [0.29, 0.717) is 19.0 Å². The number of rotatable bonds is 6. The number of carbonyl (C=O) groups excluding carboxylic acids is 2. The largest absolute Gasteiger partial charge is 0.497 e. The fraction of sp³-hybridized carbons (Fsp3) is 0.636. The van der Waals surface area contributed by atoms with Gasteiger partial charge in [0.25, 0.3) is 0 Å². The molecule has 154 valence electrons. The molecular weight excluding hydrogens is 354 g/mol. The second kappa shape index (κ2) is 9.41. The highest BCUT2D eigenvalue weighted by molar-refractivity contribution is 5.95. The van der Waals surface area contributed by atoms with E-state index in [1.54, 1.807) is 7.11 Å². The van der Waals surface area contributed by atoms with E-state index in [1.807, 2.05) is 43.0 Å². The Hall–Kier alpha value is -2.08. The molecule has 28 heavy (non-hydrogen) atoms. The Bertz CT molecular complexity index is 677. The minimum absolute atomic E-state index is 0.0218. The summed E-state index contributed by atoms with van der Waals surface area (Å²) in [6.45, 7) is 6.80. The maximum Gasteiger partial charge on any atom is 0.242 e. The summed E-state index contributed by atoms with van der Waals surface area (Å²) in [6.07, 6.45) is 4.58. The van der Waals surface area contributed by atoms with Crippen molar-refractivity contribution in [3.63, 3.8) is 0 Å². The van der Waals surface area contributed by atoms with E-state index in [1.165, 1.54) is 12.8 Å². The van der Waals surface area contributed by atoms with Gasteiger partial charge in [0.1, 0.15) is 5.75 Å². The fourth-order valence-corrected chi connectivity index (χ4v) is 4.45. The summed E-state index contributed by atoms with van der Waals surface area (Å²) >= 11 is 0. The van der Waals surface area contributed by atoms with Crippen LogP contribution in [0.5, 0.6) is 5.75 Å². The van der Waals surface area contributed by atoms with Gasteiger partial charge in [0.2, 0.25) is 11.8 Å². The van der Waals surface area contributed by atoms with E-state index in [9.17, 15) is 9.59 Å². The summed E-state index contributed by atoms with van der Waals surface area (Å²) in [5.74, 6) is 1.41. The summed E-state index contributed by atoms with van der Waals surface area (Å²) in [5, 5.41) is 3.10. The van der Waals surface area contributed by atoms with E-state index in [-0.39, 0.29) is 23.8 Å². The van der Waals surface area contributed by atoms with Gasteiger partial charge in [-0.2, -0.15) is 0 Å². The molecule has 6 nitrogen and oxygen atoms in total. The molecule has 1 aromatic rings. The molecule has 0 aromatic heterocycles. The number of piperazine rings is 1. The Kier molecular flexibility index (Phi) is 6.94. The van der Waals surface area contributed by atoms with Crippen LogP contribution in [0.2, 0.25) is 0 Å². The van der Waals surface area contributed by atoms with E-state index >= 15 is 0 Å². The molecule has 1 aliphatic heterocycles. The summed E-state index contributed by atoms with van der Waals surface area (Å²) in [4.78, 5) is 29.8. The first-order valence-electron chi connectivity index (χ1n) is 10.5. The smallest absolute Gasteiger partial charge is 0.242 e. The number of ether oxygens (including phenoxy) is 1. The van der Waals surface area contributed by atoms with Crippen LogP contribution in [-0.4, -0.2) is 60.9 Å². The van der Waals surface area contributed by atoms with Crippen molar-refractivity contribution in [2.75, 3.05) is 38.6 Å². The van der Waals surface area contributed by atoms with Crippen LogP contribution in [0.3, 0.4) is 0 Å². The Morgan fingerprint density at radius 3 is 2.39 bits per heavy atom. The third kappa shape index (κ3) is 4.85. The average molecular weight is 388 g/mol. The number of carbonyl (C=O) groups is 2. The van der Waals surface area contributed by atoms with Crippen LogP contribution in [0.15, 0.2) is 24.3 Å². The highest BCUT2D eigenvalue weighted by atomic mass is 16.5. The van der Waals surface area contributed by atoms with Crippen molar-refractivity contribution in [1.29, 1.82) is 0 Å². The van der Waals surface area contributed by atoms with Gasteiger partial charge in [-0.05, 0) is 30.9 Å². The quantitative estimate of drug-likeness (QED) is 0.815. The number of methoxy groups -OCH3 is 1. The third-order valence-corrected chi connectivity index (χ3v) is 5.97. The molecule has 1 aromatic carbocycles. The van der Waals surface area contributed by atoms with Gasteiger partial charge in [-0.1, -0.05) is 32.8 Å². The maximum atomic E-state index is 13.2. The maximum absolute atomic E-state index is 13.2. The molecule has 0 spiro atoms. The SMILES string of the molecule is COc1cccc(NC(=O)[C@@H](C2CCCC2)N2CCN(C(=O)C(C)C)CC2)c1. The predicted octanol–water partition coefficient (Wildman–Crippen LogP) is 2.99. The molecular formula is C22H33N3O3. The lowest BCUT2D eigenvalue weighted by atomic mass is 9.94. The number of amides is 2. The summed E-state index contributed by atoms with van der Waals surface area (Å²) in [7, 11) is 1.63. The molecule has 1 N–H and O–H groups in total. The lowest BCUT2D eigenvalue weighted by molar-refractivity contribution is -0.137. The zero-order valence-corrected chi connectivity index (χ0v) is 17.3. The van der Waals surface area contributed by atoms with Crippen LogP contribution >= 0.6 is 0 Å². The first-order valence-corrected chi connectivity index (χ1v) is 10.5. The molecule has 0 bridgehead atoms. The summed E-state index contributed by atoms with van der Waals surface area (Å²) in [6, 6.07) is 7.36. The molecule has 2 amide bonds. The minimum Gasteiger partial charge on any atom is -0.497 e. The van der Waals surface area contributed by atoms with Crippen molar-refractivity contribution in [3.8, 4) is 5.75 Å². The first-order chi connectivity index (χ1) is 13.5. The second-order valence-electron chi connectivity index (χ2n) is 8.23. The van der Waals surface area contributed by atoms with Crippen molar-refractivity contribution < 1.29 is 14.3 Å². The molecule has 1 atom stereocenters. The highest BCUT2D eigenvalue weighted by Gasteiger charge is 2.37. The lowest BCUT2D eigenvalue weighted by Crippen LogP contribution is -2.57. The average Bonchev–Trinajstić information content (AvgIpc) is 3.22. The van der Waals surface area contributed by atoms with Gasteiger partial charge < -0.3 is 15.0 Å². The molecule has 0 unspecified atom stereocenters. The van der Waals surface area contributed by atoms with Gasteiger partial charge >= 0.3 is 0 Å². The molecule has 6 heteroatoms. The van der Waals surface area contributed by atoms with E-state index < -0.39 is 0 Å². The summed E-state index contributed by atoms with van der Waals surface area (Å²) < 4.78 is 5.27. The number of hydrogen-bond donors (Lipinski definition) is 1. The van der Waals surface area contributed by atoms with Crippen LogP contribution in [0.4, 0.5) is 5.69 Å². The van der Waals surface area contributed by atoms with Gasteiger partial charge in [-0.3, -0.25) is 14.5 Å². The monoisotopic (exact) mass is 387 g/mol. The number of nitrogens with zero attached hydrogens (tertiary/aromatic N) is 2. The standard InChI is InChI=1S/C22H33N3O3/c1-16(2)22(27)25-13-11-24(12-14-25)20(17-7-4-5-8-17)21(26)23-18-9-6-10-19(15-18)28-3/h6,9-10,15-17,20H,4-5,7-8,11-14H2,1-3H3,(H,23,26)/t20-/m1/s1. The summed E-state index contributed by atoms with van der Waals surface area (Å²) in [5.41, 5.74) is 0.765. The van der Waals surface area contributed by atoms with Crippen molar-refractivity contribution in [2.45, 2.75) is 45.6 Å². The van der Waals surface area contributed by atoms with Crippen LogP contribution in [-0.2, 0) is 9.59 Å². The number of hydrogen-bond acceptors (Lipinski definition) is 4. The normalized spacial score (nSPS) is 19.6. The van der Waals surface area contributed by atoms with E-state index in [0.717, 1.165) is 37.4 Å². The molecule has 1 aliphatic carbocycles. The Morgan fingerprint density at radius 1 is 1.11 bits per heavy atom.